The van der Waals surface area contributed by atoms with Crippen molar-refractivity contribution in [1.29, 1.82) is 0 Å². The summed E-state index contributed by atoms with van der Waals surface area (Å²) in [5, 5.41) is 0.652. The molecule has 182 valence electrons. The van der Waals surface area contributed by atoms with Crippen molar-refractivity contribution in [2.24, 2.45) is 0 Å². The molecule has 4 rings (SSSR count). The van der Waals surface area contributed by atoms with Gasteiger partial charge in [0.05, 0.1) is 12.7 Å². The number of benzene rings is 2. The number of esters is 1. The van der Waals surface area contributed by atoms with E-state index in [9.17, 15) is 9.59 Å². The summed E-state index contributed by atoms with van der Waals surface area (Å²) in [4.78, 5) is 33.3. The molecule has 0 radical (unpaired) electrons. The van der Waals surface area contributed by atoms with E-state index in [1.165, 1.54) is 13.2 Å². The summed E-state index contributed by atoms with van der Waals surface area (Å²) in [6.45, 7) is 2.43. The van der Waals surface area contributed by atoms with Crippen LogP contribution in [0.2, 0.25) is 5.02 Å². The van der Waals surface area contributed by atoms with Crippen molar-refractivity contribution < 1.29 is 23.8 Å². The Hall–Kier alpha value is -3.78. The van der Waals surface area contributed by atoms with Crippen LogP contribution in [-0.4, -0.2) is 61.7 Å². The maximum Gasteiger partial charge on any atom is 0.338 e. The molecule has 2 aromatic carbocycles. The molecule has 9 heteroatoms. The van der Waals surface area contributed by atoms with Crippen LogP contribution < -0.4 is 14.4 Å². The molecular weight excluding hydrogens is 470 g/mol. The molecule has 0 saturated carbocycles. The SMILES string of the molecule is COc1cc(C(=O)OCC(=O)N2CCN(c3ccccn3)CC2)ccc1OCc1ccc(Cl)cc1. The highest BCUT2D eigenvalue weighted by molar-refractivity contribution is 6.30. The molecule has 1 aliphatic heterocycles. The van der Waals surface area contributed by atoms with E-state index in [0.29, 0.717) is 49.3 Å². The van der Waals surface area contributed by atoms with E-state index in [4.69, 9.17) is 25.8 Å². The number of nitrogens with zero attached hydrogens (tertiary/aromatic N) is 3. The van der Waals surface area contributed by atoms with Crippen molar-refractivity contribution in [3.8, 4) is 11.5 Å². The third-order valence-corrected chi connectivity index (χ3v) is 5.89. The third-order valence-electron chi connectivity index (χ3n) is 5.64. The van der Waals surface area contributed by atoms with Crippen LogP contribution in [0.5, 0.6) is 11.5 Å². The van der Waals surface area contributed by atoms with Crippen molar-refractivity contribution in [1.82, 2.24) is 9.88 Å². The maximum absolute atomic E-state index is 12.6. The zero-order valence-corrected chi connectivity index (χ0v) is 20.1. The number of anilines is 1. The quantitative estimate of drug-likeness (QED) is 0.439. The molecule has 0 spiro atoms. The first-order valence-corrected chi connectivity index (χ1v) is 11.6. The van der Waals surface area contributed by atoms with Gasteiger partial charge >= 0.3 is 5.97 Å². The van der Waals surface area contributed by atoms with Crippen LogP contribution in [0.1, 0.15) is 15.9 Å². The van der Waals surface area contributed by atoms with Crippen LogP contribution >= 0.6 is 11.6 Å². The number of pyridine rings is 1. The van der Waals surface area contributed by atoms with Gasteiger partial charge in [-0.05, 0) is 48.0 Å². The first-order chi connectivity index (χ1) is 17.0. The Bertz CT molecular complexity index is 1150. The standard InChI is InChI=1S/C26H26ClN3O5/c1-33-23-16-20(7-10-22(23)34-17-19-5-8-21(27)9-6-19)26(32)35-18-25(31)30-14-12-29(13-15-30)24-4-2-3-11-28-24/h2-11,16H,12-15,17-18H2,1H3. The van der Waals surface area contributed by atoms with E-state index >= 15 is 0 Å². The number of halogens is 1. The molecule has 35 heavy (non-hydrogen) atoms. The van der Waals surface area contributed by atoms with Gasteiger partial charge in [-0.25, -0.2) is 9.78 Å². The van der Waals surface area contributed by atoms with E-state index in [-0.39, 0.29) is 18.1 Å². The number of hydrogen-bond acceptors (Lipinski definition) is 7. The number of hydrogen-bond donors (Lipinski definition) is 0. The molecule has 3 aromatic rings. The van der Waals surface area contributed by atoms with Crippen LogP contribution in [0.4, 0.5) is 5.82 Å². The predicted molar refractivity (Wildman–Crippen MR) is 132 cm³/mol. The fourth-order valence-corrected chi connectivity index (χ4v) is 3.81. The predicted octanol–water partition coefficient (Wildman–Crippen LogP) is 3.83. The van der Waals surface area contributed by atoms with Gasteiger partial charge in [0, 0.05) is 37.4 Å². The molecule has 1 aromatic heterocycles. The summed E-state index contributed by atoms with van der Waals surface area (Å²) < 4.78 is 16.5. The monoisotopic (exact) mass is 495 g/mol. The lowest BCUT2D eigenvalue weighted by Gasteiger charge is -2.35. The molecule has 1 saturated heterocycles. The van der Waals surface area contributed by atoms with Gasteiger partial charge in [0.15, 0.2) is 18.1 Å². The van der Waals surface area contributed by atoms with Gasteiger partial charge in [0.1, 0.15) is 12.4 Å². The molecule has 1 amide bonds. The zero-order chi connectivity index (χ0) is 24.6. The molecular formula is C26H26ClN3O5. The number of piperazine rings is 1. The highest BCUT2D eigenvalue weighted by Gasteiger charge is 2.23. The van der Waals surface area contributed by atoms with Crippen LogP contribution in [-0.2, 0) is 16.1 Å². The van der Waals surface area contributed by atoms with Crippen LogP contribution in [0.3, 0.4) is 0 Å². The van der Waals surface area contributed by atoms with Gasteiger partial charge < -0.3 is 24.0 Å². The van der Waals surface area contributed by atoms with Gasteiger partial charge in [-0.2, -0.15) is 0 Å². The number of ether oxygens (including phenoxy) is 3. The van der Waals surface area contributed by atoms with Crippen molar-refractivity contribution in [2.75, 3.05) is 44.8 Å². The minimum absolute atomic E-state index is 0.228. The average Bonchev–Trinajstić information content (AvgIpc) is 2.91. The van der Waals surface area contributed by atoms with E-state index in [1.54, 1.807) is 35.4 Å². The Balaban J connectivity index is 1.27. The van der Waals surface area contributed by atoms with Gasteiger partial charge in [-0.1, -0.05) is 29.8 Å². The Labute approximate surface area is 209 Å². The maximum atomic E-state index is 12.6. The molecule has 2 heterocycles. The lowest BCUT2D eigenvalue weighted by atomic mass is 10.2. The summed E-state index contributed by atoms with van der Waals surface area (Å²) in [6, 6.07) is 17.8. The van der Waals surface area contributed by atoms with Crippen molar-refractivity contribution in [2.45, 2.75) is 6.61 Å². The lowest BCUT2D eigenvalue weighted by molar-refractivity contribution is -0.134. The minimum Gasteiger partial charge on any atom is -0.493 e. The number of carbonyl (C=O) groups excluding carboxylic acids is 2. The number of rotatable bonds is 8. The minimum atomic E-state index is -0.604. The van der Waals surface area contributed by atoms with Crippen LogP contribution in [0, 0.1) is 0 Å². The highest BCUT2D eigenvalue weighted by atomic mass is 35.5. The van der Waals surface area contributed by atoms with Crippen molar-refractivity contribution in [3.63, 3.8) is 0 Å². The number of carbonyl (C=O) groups is 2. The summed E-state index contributed by atoms with van der Waals surface area (Å²) in [5.74, 6) is 0.939. The van der Waals surface area contributed by atoms with Gasteiger partial charge in [-0.3, -0.25) is 4.79 Å². The number of methoxy groups -OCH3 is 1. The number of aromatic nitrogens is 1. The summed E-state index contributed by atoms with van der Waals surface area (Å²) in [6.07, 6.45) is 1.75. The second kappa shape index (κ2) is 11.6. The topological polar surface area (TPSA) is 81.2 Å². The summed E-state index contributed by atoms with van der Waals surface area (Å²) >= 11 is 5.91. The normalized spacial score (nSPS) is 13.3. The molecule has 0 aliphatic carbocycles. The molecule has 0 atom stereocenters. The number of amides is 1. The van der Waals surface area contributed by atoms with Crippen LogP contribution in [0.15, 0.2) is 66.9 Å². The summed E-state index contributed by atoms with van der Waals surface area (Å²) in [7, 11) is 1.49. The van der Waals surface area contributed by atoms with Crippen molar-refractivity contribution in [3.05, 3.63) is 83.0 Å². The molecule has 1 fully saturated rings. The van der Waals surface area contributed by atoms with E-state index < -0.39 is 5.97 Å². The largest absolute Gasteiger partial charge is 0.493 e. The zero-order valence-electron chi connectivity index (χ0n) is 19.4. The Morgan fingerprint density at radius 3 is 2.43 bits per heavy atom. The van der Waals surface area contributed by atoms with Crippen molar-refractivity contribution >= 4 is 29.3 Å². The molecule has 0 N–H and O–H groups in total. The smallest absolute Gasteiger partial charge is 0.338 e. The van der Waals surface area contributed by atoms with E-state index in [2.05, 4.69) is 9.88 Å². The third kappa shape index (κ3) is 6.42. The first kappa shape index (κ1) is 24.3. The van der Waals surface area contributed by atoms with Gasteiger partial charge in [0.2, 0.25) is 0 Å². The molecule has 0 bridgehead atoms. The van der Waals surface area contributed by atoms with Gasteiger partial charge in [-0.15, -0.1) is 0 Å². The molecule has 1 aliphatic rings. The second-order valence-corrected chi connectivity index (χ2v) is 8.35. The van der Waals surface area contributed by atoms with E-state index in [0.717, 1.165) is 11.4 Å². The Morgan fingerprint density at radius 1 is 0.971 bits per heavy atom. The summed E-state index contributed by atoms with van der Waals surface area (Å²) in [5.41, 5.74) is 1.22. The van der Waals surface area contributed by atoms with Gasteiger partial charge in [0.25, 0.3) is 5.91 Å². The fraction of sp³-hybridized carbons (Fsp3) is 0.269. The fourth-order valence-electron chi connectivity index (χ4n) is 3.68. The highest BCUT2D eigenvalue weighted by Crippen LogP contribution is 2.29. The average molecular weight is 496 g/mol. The Kier molecular flexibility index (Phi) is 8.05. The first-order valence-electron chi connectivity index (χ1n) is 11.2. The molecule has 8 nitrogen and oxygen atoms in total. The van der Waals surface area contributed by atoms with Crippen LogP contribution in [0.25, 0.3) is 0 Å². The second-order valence-electron chi connectivity index (χ2n) is 7.91. The Morgan fingerprint density at radius 2 is 1.74 bits per heavy atom. The lowest BCUT2D eigenvalue weighted by Crippen LogP contribution is -2.50. The molecule has 0 unspecified atom stereocenters. The van der Waals surface area contributed by atoms with E-state index in [1.807, 2.05) is 30.3 Å².